The third-order valence-corrected chi connectivity index (χ3v) is 3.29. The van der Waals surface area contributed by atoms with Crippen molar-refractivity contribution in [3.05, 3.63) is 39.8 Å². The maximum atomic E-state index is 12.0. The largest absolute Gasteiger partial charge is 0.464 e. The second-order valence-corrected chi connectivity index (χ2v) is 5.49. The van der Waals surface area contributed by atoms with Crippen molar-refractivity contribution < 1.29 is 14.3 Å². The van der Waals surface area contributed by atoms with Crippen LogP contribution in [0.25, 0.3) is 0 Å². The highest BCUT2D eigenvalue weighted by Crippen LogP contribution is 2.16. The molecule has 0 aliphatic rings. The van der Waals surface area contributed by atoms with Gasteiger partial charge in [0.25, 0.3) is 0 Å². The maximum Gasteiger partial charge on any atom is 0.335 e. The molecule has 0 spiro atoms. The molecule has 0 aliphatic heterocycles. The average molecular weight is 307 g/mol. The average Bonchev–Trinajstić information content (AvgIpc) is 2.46. The van der Waals surface area contributed by atoms with Gasteiger partial charge in [-0.25, -0.2) is 4.79 Å². The van der Waals surface area contributed by atoms with Crippen molar-refractivity contribution in [3.63, 3.8) is 0 Å². The van der Waals surface area contributed by atoms with Crippen LogP contribution in [0.2, 0.25) is 0 Å². The Labute approximate surface area is 132 Å². The fraction of sp³-hybridized carbons (Fsp3) is 0.588. The van der Waals surface area contributed by atoms with Crippen LogP contribution >= 0.6 is 0 Å². The summed E-state index contributed by atoms with van der Waals surface area (Å²) in [6.45, 7) is 8.15. The van der Waals surface area contributed by atoms with Gasteiger partial charge in [-0.15, -0.1) is 0 Å². The lowest BCUT2D eigenvalue weighted by Crippen LogP contribution is -2.31. The number of aryl methyl sites for hydroxylation is 1. The van der Waals surface area contributed by atoms with E-state index in [4.69, 9.17) is 9.47 Å². The van der Waals surface area contributed by atoms with E-state index < -0.39 is 6.10 Å². The first-order valence-corrected chi connectivity index (χ1v) is 7.67. The monoisotopic (exact) mass is 307 g/mol. The minimum absolute atomic E-state index is 0.0569. The van der Waals surface area contributed by atoms with Crippen LogP contribution in [0.1, 0.15) is 37.5 Å². The molecule has 22 heavy (non-hydrogen) atoms. The Morgan fingerprint density at radius 1 is 1.32 bits per heavy atom. The number of carbonyl (C=O) groups excluding carboxylic acids is 1. The number of benzene rings is 1. The summed E-state index contributed by atoms with van der Waals surface area (Å²) in [5.74, 6) is -0.340. The topological polar surface area (TPSA) is 65.0 Å². The van der Waals surface area contributed by atoms with Crippen LogP contribution in [0, 0.1) is 11.8 Å². The van der Waals surface area contributed by atoms with Gasteiger partial charge < -0.3 is 9.47 Å². The summed E-state index contributed by atoms with van der Waals surface area (Å²) in [4.78, 5) is 22.3. The van der Waals surface area contributed by atoms with Crippen molar-refractivity contribution in [3.8, 4) is 0 Å². The first-order valence-electron chi connectivity index (χ1n) is 7.67. The van der Waals surface area contributed by atoms with Gasteiger partial charge in [0.1, 0.15) is 0 Å². The molecule has 1 atom stereocenters. The molecule has 0 radical (unpaired) electrons. The van der Waals surface area contributed by atoms with Gasteiger partial charge in [0, 0.05) is 6.42 Å². The van der Waals surface area contributed by atoms with Gasteiger partial charge in [0.15, 0.2) is 6.10 Å². The molecule has 5 heteroatoms. The third-order valence-electron chi connectivity index (χ3n) is 3.29. The van der Waals surface area contributed by atoms with Crippen molar-refractivity contribution in [1.29, 1.82) is 0 Å². The summed E-state index contributed by atoms with van der Waals surface area (Å²) < 4.78 is 10.8. The highest BCUT2D eigenvalue weighted by molar-refractivity contribution is 5.75. The Balaban J connectivity index is 2.87. The molecule has 0 amide bonds. The smallest absolute Gasteiger partial charge is 0.335 e. The van der Waals surface area contributed by atoms with Gasteiger partial charge in [-0.2, -0.15) is 4.91 Å². The van der Waals surface area contributed by atoms with Crippen molar-refractivity contribution in [1.82, 2.24) is 0 Å². The number of hydrogen-bond donors (Lipinski definition) is 0. The number of nitroso groups, excluding NO2 is 1. The maximum absolute atomic E-state index is 12.0. The van der Waals surface area contributed by atoms with Crippen LogP contribution in [0.3, 0.4) is 0 Å². The highest BCUT2D eigenvalue weighted by Gasteiger charge is 2.22. The Morgan fingerprint density at radius 2 is 2.05 bits per heavy atom. The van der Waals surface area contributed by atoms with Gasteiger partial charge in [-0.3, -0.25) is 0 Å². The van der Waals surface area contributed by atoms with Crippen molar-refractivity contribution in [2.24, 2.45) is 5.18 Å². The third kappa shape index (κ3) is 5.93. The van der Waals surface area contributed by atoms with Crippen molar-refractivity contribution in [2.45, 2.75) is 52.7 Å². The molecule has 0 fully saturated rings. The predicted octanol–water partition coefficient (Wildman–Crippen LogP) is 3.20. The van der Waals surface area contributed by atoms with E-state index >= 15 is 0 Å². The predicted molar refractivity (Wildman–Crippen MR) is 85.9 cm³/mol. The molecule has 122 valence electrons. The molecular formula is C17H25NO4. The van der Waals surface area contributed by atoms with Crippen LogP contribution < -0.4 is 0 Å². The molecular weight excluding hydrogens is 282 g/mol. The van der Waals surface area contributed by atoms with E-state index in [2.05, 4.69) is 5.18 Å². The zero-order valence-corrected chi connectivity index (χ0v) is 13.8. The molecule has 0 aliphatic carbocycles. The lowest BCUT2D eigenvalue weighted by atomic mass is 9.99. The summed E-state index contributed by atoms with van der Waals surface area (Å²) in [7, 11) is 0. The molecule has 1 rings (SSSR count). The molecule has 0 saturated heterocycles. The molecule has 0 bridgehead atoms. The van der Waals surface area contributed by atoms with Crippen molar-refractivity contribution >= 4 is 5.97 Å². The van der Waals surface area contributed by atoms with E-state index in [1.165, 1.54) is 0 Å². The van der Waals surface area contributed by atoms with Gasteiger partial charge in [0.05, 0.1) is 19.3 Å². The number of nitrogens with zero attached hydrogens (tertiary/aromatic N) is 1. The first-order chi connectivity index (χ1) is 10.5. The Bertz CT molecular complexity index is 499. The van der Waals surface area contributed by atoms with E-state index in [0.717, 1.165) is 16.7 Å². The van der Waals surface area contributed by atoms with Gasteiger partial charge >= 0.3 is 5.97 Å². The van der Waals surface area contributed by atoms with Gasteiger partial charge in [-0.1, -0.05) is 23.4 Å². The summed E-state index contributed by atoms with van der Waals surface area (Å²) in [5.41, 5.74) is 3.18. The highest BCUT2D eigenvalue weighted by atomic mass is 16.6. The summed E-state index contributed by atoms with van der Waals surface area (Å²) in [5, 5.41) is 2.91. The molecule has 1 unspecified atom stereocenters. The van der Waals surface area contributed by atoms with E-state index in [-0.39, 0.29) is 18.6 Å². The number of ether oxygens (including phenoxy) is 2. The lowest BCUT2D eigenvalue weighted by molar-refractivity contribution is -0.159. The second kappa shape index (κ2) is 9.30. The molecule has 1 aromatic carbocycles. The summed E-state index contributed by atoms with van der Waals surface area (Å²) >= 11 is 0. The Hall–Kier alpha value is -1.75. The zero-order valence-electron chi connectivity index (χ0n) is 13.8. The SMILES string of the molecule is CCOC(=O)C(Cc1ccc(C)c(CCN=O)c1)OC(C)C. The normalized spacial score (nSPS) is 12.2. The number of rotatable bonds is 9. The number of esters is 1. The standard InChI is InChI=1S/C17H25NO4/c1-5-21-17(19)16(22-12(2)3)11-14-7-6-13(4)15(10-14)8-9-18-20/h6-7,10,12,16H,5,8-9,11H2,1-4H3. The number of carbonyl (C=O) groups is 1. The molecule has 0 heterocycles. The summed E-state index contributed by atoms with van der Waals surface area (Å²) in [6.07, 6.45) is 0.398. The molecule has 5 nitrogen and oxygen atoms in total. The van der Waals surface area contributed by atoms with Gasteiger partial charge in [-0.05, 0) is 50.8 Å². The van der Waals surface area contributed by atoms with E-state index in [1.807, 2.05) is 39.0 Å². The molecule has 1 aromatic rings. The van der Waals surface area contributed by atoms with Crippen LogP contribution in [0.4, 0.5) is 0 Å². The van der Waals surface area contributed by atoms with E-state index in [0.29, 0.717) is 19.4 Å². The Kier molecular flexibility index (Phi) is 7.74. The van der Waals surface area contributed by atoms with Gasteiger partial charge in [0.2, 0.25) is 0 Å². The summed E-state index contributed by atoms with van der Waals surface area (Å²) in [6, 6.07) is 5.98. The van der Waals surface area contributed by atoms with E-state index in [9.17, 15) is 9.70 Å². The van der Waals surface area contributed by atoms with Crippen LogP contribution in [-0.4, -0.2) is 31.3 Å². The number of hydrogen-bond acceptors (Lipinski definition) is 5. The fourth-order valence-corrected chi connectivity index (χ4v) is 2.25. The van der Waals surface area contributed by atoms with Crippen LogP contribution in [0.15, 0.2) is 23.4 Å². The minimum atomic E-state index is -0.611. The lowest BCUT2D eigenvalue weighted by Gasteiger charge is -2.19. The van der Waals surface area contributed by atoms with Crippen molar-refractivity contribution in [2.75, 3.05) is 13.2 Å². The first kappa shape index (κ1) is 18.3. The fourth-order valence-electron chi connectivity index (χ4n) is 2.25. The van der Waals surface area contributed by atoms with Crippen LogP contribution in [-0.2, 0) is 27.1 Å². The zero-order chi connectivity index (χ0) is 16.5. The Morgan fingerprint density at radius 3 is 2.64 bits per heavy atom. The molecule has 0 N–H and O–H groups in total. The molecule has 0 aromatic heterocycles. The quantitative estimate of drug-likeness (QED) is 0.519. The molecule has 0 saturated carbocycles. The minimum Gasteiger partial charge on any atom is -0.464 e. The van der Waals surface area contributed by atoms with Crippen LogP contribution in [0.5, 0.6) is 0 Å². The second-order valence-electron chi connectivity index (χ2n) is 5.49. The van der Waals surface area contributed by atoms with E-state index in [1.54, 1.807) is 6.92 Å².